The van der Waals surface area contributed by atoms with E-state index in [0.29, 0.717) is 5.82 Å². The fourth-order valence-electron chi connectivity index (χ4n) is 2.49. The number of amides is 1. The molecule has 3 aromatic rings. The summed E-state index contributed by atoms with van der Waals surface area (Å²) in [7, 11) is 1.75. The number of tetrazole rings is 1. The Bertz CT molecular complexity index is 832. The number of carbonyl (C=O) groups is 1. The van der Waals surface area contributed by atoms with Crippen LogP contribution >= 0.6 is 15.9 Å². The minimum atomic E-state index is -0.373. The summed E-state index contributed by atoms with van der Waals surface area (Å²) in [6.45, 7) is 1.53. The summed E-state index contributed by atoms with van der Waals surface area (Å²) >= 11 is 3.42. The first-order valence-corrected chi connectivity index (χ1v) is 8.20. The SMILES string of the molecule is CC(=O)N(C)C(c1ccccc1)c1nnnn1-c1ccc(Br)cc1. The van der Waals surface area contributed by atoms with E-state index in [4.69, 9.17) is 0 Å². The largest absolute Gasteiger partial charge is 0.332 e. The van der Waals surface area contributed by atoms with E-state index in [1.54, 1.807) is 16.6 Å². The predicted octanol–water partition coefficient (Wildman–Crippen LogP) is 2.99. The third kappa shape index (κ3) is 3.21. The van der Waals surface area contributed by atoms with Gasteiger partial charge >= 0.3 is 0 Å². The molecule has 0 bridgehead atoms. The van der Waals surface area contributed by atoms with Crippen LogP contribution in [0.3, 0.4) is 0 Å². The Hall–Kier alpha value is -2.54. The van der Waals surface area contributed by atoms with Gasteiger partial charge in [0.2, 0.25) is 5.91 Å². The molecular formula is C17H16BrN5O. The van der Waals surface area contributed by atoms with Crippen LogP contribution in [0.5, 0.6) is 0 Å². The molecule has 0 saturated carbocycles. The monoisotopic (exact) mass is 385 g/mol. The molecule has 0 radical (unpaired) electrons. The van der Waals surface area contributed by atoms with Gasteiger partial charge in [-0.25, -0.2) is 0 Å². The molecule has 1 atom stereocenters. The van der Waals surface area contributed by atoms with Crippen LogP contribution in [0.1, 0.15) is 24.4 Å². The summed E-state index contributed by atoms with van der Waals surface area (Å²) in [5, 5.41) is 12.1. The molecule has 0 fully saturated rings. The van der Waals surface area contributed by atoms with Gasteiger partial charge < -0.3 is 4.90 Å². The highest BCUT2D eigenvalue weighted by molar-refractivity contribution is 9.10. The first-order valence-electron chi connectivity index (χ1n) is 7.40. The van der Waals surface area contributed by atoms with Crippen molar-refractivity contribution in [2.24, 2.45) is 0 Å². The zero-order chi connectivity index (χ0) is 17.1. The van der Waals surface area contributed by atoms with Crippen LogP contribution in [0.2, 0.25) is 0 Å². The number of hydrogen-bond acceptors (Lipinski definition) is 4. The van der Waals surface area contributed by atoms with Crippen LogP contribution in [0, 0.1) is 0 Å². The lowest BCUT2D eigenvalue weighted by Crippen LogP contribution is -2.32. The Morgan fingerprint density at radius 3 is 2.42 bits per heavy atom. The first-order chi connectivity index (χ1) is 11.6. The highest BCUT2D eigenvalue weighted by Crippen LogP contribution is 2.27. The van der Waals surface area contributed by atoms with Gasteiger partial charge in [-0.05, 0) is 40.3 Å². The topological polar surface area (TPSA) is 63.9 Å². The summed E-state index contributed by atoms with van der Waals surface area (Å²) < 4.78 is 2.63. The van der Waals surface area contributed by atoms with Gasteiger partial charge in [0.15, 0.2) is 5.82 Å². The van der Waals surface area contributed by atoms with Crippen molar-refractivity contribution in [3.63, 3.8) is 0 Å². The maximum absolute atomic E-state index is 12.0. The average Bonchev–Trinajstić information content (AvgIpc) is 3.06. The fraction of sp³-hybridized carbons (Fsp3) is 0.176. The van der Waals surface area contributed by atoms with E-state index in [0.717, 1.165) is 15.7 Å². The van der Waals surface area contributed by atoms with Crippen molar-refractivity contribution in [2.45, 2.75) is 13.0 Å². The maximum atomic E-state index is 12.0. The summed E-state index contributed by atoms with van der Waals surface area (Å²) in [5.74, 6) is 0.524. The van der Waals surface area contributed by atoms with Crippen molar-refractivity contribution >= 4 is 21.8 Å². The van der Waals surface area contributed by atoms with E-state index < -0.39 is 0 Å². The van der Waals surface area contributed by atoms with Crippen molar-refractivity contribution in [1.29, 1.82) is 0 Å². The predicted molar refractivity (Wildman–Crippen MR) is 93.6 cm³/mol. The second kappa shape index (κ2) is 6.92. The van der Waals surface area contributed by atoms with Crippen molar-refractivity contribution in [2.75, 3.05) is 7.05 Å². The van der Waals surface area contributed by atoms with Gasteiger partial charge in [0.05, 0.1) is 5.69 Å². The van der Waals surface area contributed by atoms with Gasteiger partial charge in [-0.15, -0.1) is 5.10 Å². The summed E-state index contributed by atoms with van der Waals surface area (Å²) in [6.07, 6.45) is 0. The van der Waals surface area contributed by atoms with Gasteiger partial charge in [0.1, 0.15) is 6.04 Å². The number of carbonyl (C=O) groups excluding carboxylic acids is 1. The van der Waals surface area contributed by atoms with Gasteiger partial charge in [0.25, 0.3) is 0 Å². The Morgan fingerprint density at radius 1 is 1.12 bits per heavy atom. The van der Waals surface area contributed by atoms with Crippen LogP contribution in [-0.2, 0) is 4.79 Å². The zero-order valence-electron chi connectivity index (χ0n) is 13.3. The van der Waals surface area contributed by atoms with Crippen molar-refractivity contribution in [1.82, 2.24) is 25.1 Å². The van der Waals surface area contributed by atoms with E-state index >= 15 is 0 Å². The van der Waals surface area contributed by atoms with Crippen LogP contribution in [0.15, 0.2) is 59.1 Å². The fourth-order valence-corrected chi connectivity index (χ4v) is 2.76. The minimum Gasteiger partial charge on any atom is -0.332 e. The number of benzene rings is 2. The summed E-state index contributed by atoms with van der Waals surface area (Å²) in [4.78, 5) is 13.6. The Labute approximate surface area is 148 Å². The maximum Gasteiger partial charge on any atom is 0.220 e. The lowest BCUT2D eigenvalue weighted by molar-refractivity contribution is -0.129. The molecule has 1 unspecified atom stereocenters. The number of hydrogen-bond donors (Lipinski definition) is 0. The Morgan fingerprint density at radius 2 is 1.79 bits per heavy atom. The molecule has 1 aromatic heterocycles. The highest BCUT2D eigenvalue weighted by Gasteiger charge is 2.27. The second-order valence-electron chi connectivity index (χ2n) is 5.37. The summed E-state index contributed by atoms with van der Waals surface area (Å²) in [5.41, 5.74) is 1.78. The van der Waals surface area contributed by atoms with Gasteiger partial charge in [0, 0.05) is 18.4 Å². The minimum absolute atomic E-state index is 0.0609. The molecule has 2 aromatic carbocycles. The molecule has 0 N–H and O–H groups in total. The van der Waals surface area contributed by atoms with Gasteiger partial charge in [-0.3, -0.25) is 4.79 Å². The number of nitrogens with zero attached hydrogens (tertiary/aromatic N) is 5. The first kappa shape index (κ1) is 16.3. The standard InChI is InChI=1S/C17H16BrN5O/c1-12(24)22(2)16(13-6-4-3-5-7-13)17-19-20-21-23(17)15-10-8-14(18)9-11-15/h3-11,16H,1-2H3. The molecule has 122 valence electrons. The second-order valence-corrected chi connectivity index (χ2v) is 6.28. The lowest BCUT2D eigenvalue weighted by Gasteiger charge is -2.26. The smallest absolute Gasteiger partial charge is 0.220 e. The molecule has 0 aliphatic carbocycles. The number of rotatable bonds is 4. The lowest BCUT2D eigenvalue weighted by atomic mass is 10.0. The zero-order valence-corrected chi connectivity index (χ0v) is 14.9. The van der Waals surface area contributed by atoms with Crippen LogP contribution in [-0.4, -0.2) is 38.1 Å². The van der Waals surface area contributed by atoms with Gasteiger partial charge in [-0.2, -0.15) is 4.68 Å². The molecule has 1 heterocycles. The van der Waals surface area contributed by atoms with E-state index in [9.17, 15) is 4.79 Å². The molecule has 7 heteroatoms. The normalized spacial score (nSPS) is 12.0. The molecule has 6 nitrogen and oxygen atoms in total. The third-order valence-corrected chi connectivity index (χ3v) is 4.34. The van der Waals surface area contributed by atoms with Crippen LogP contribution in [0.4, 0.5) is 0 Å². The van der Waals surface area contributed by atoms with Crippen LogP contribution < -0.4 is 0 Å². The average molecular weight is 386 g/mol. The number of aromatic nitrogens is 4. The van der Waals surface area contributed by atoms with Crippen molar-refractivity contribution in [3.05, 3.63) is 70.5 Å². The van der Waals surface area contributed by atoms with Crippen molar-refractivity contribution in [3.8, 4) is 5.69 Å². The van der Waals surface area contributed by atoms with Gasteiger partial charge in [-0.1, -0.05) is 46.3 Å². The van der Waals surface area contributed by atoms with Crippen LogP contribution in [0.25, 0.3) is 5.69 Å². The van der Waals surface area contributed by atoms with E-state index in [1.807, 2.05) is 54.6 Å². The van der Waals surface area contributed by atoms with E-state index in [1.165, 1.54) is 6.92 Å². The molecular weight excluding hydrogens is 370 g/mol. The third-order valence-electron chi connectivity index (χ3n) is 3.81. The number of halogens is 1. The molecule has 0 aliphatic heterocycles. The molecule has 3 rings (SSSR count). The molecule has 1 amide bonds. The molecule has 0 aliphatic rings. The highest BCUT2D eigenvalue weighted by atomic mass is 79.9. The van der Waals surface area contributed by atoms with E-state index in [-0.39, 0.29) is 11.9 Å². The molecule has 0 spiro atoms. The Kier molecular flexibility index (Phi) is 4.71. The quantitative estimate of drug-likeness (QED) is 0.692. The molecule has 0 saturated heterocycles. The summed E-state index contributed by atoms with van der Waals surface area (Å²) in [6, 6.07) is 17.0. The van der Waals surface area contributed by atoms with Crippen molar-refractivity contribution < 1.29 is 4.79 Å². The molecule has 24 heavy (non-hydrogen) atoms. The van der Waals surface area contributed by atoms with E-state index in [2.05, 4.69) is 31.5 Å². The Balaban J connectivity index is 2.11.